The number of ether oxygens (including phenoxy) is 1. The van der Waals surface area contributed by atoms with Crippen LogP contribution in [0.5, 0.6) is 5.75 Å². The van der Waals surface area contributed by atoms with E-state index in [-0.39, 0.29) is 30.3 Å². The topological polar surface area (TPSA) is 63.6 Å². The number of aliphatic hydroxyl groups excluding tert-OH is 1. The van der Waals surface area contributed by atoms with Gasteiger partial charge in [0.2, 0.25) is 0 Å². The summed E-state index contributed by atoms with van der Waals surface area (Å²) >= 11 is 0. The minimum Gasteiger partial charge on any atom is -0.494 e. The van der Waals surface area contributed by atoms with E-state index in [2.05, 4.69) is 0 Å². The zero-order valence-corrected chi connectivity index (χ0v) is 10.3. The maximum absolute atomic E-state index is 13.3. The summed E-state index contributed by atoms with van der Waals surface area (Å²) in [6.07, 6.45) is 0.195. The van der Waals surface area contributed by atoms with Crippen molar-refractivity contribution in [2.45, 2.75) is 12.2 Å². The first-order chi connectivity index (χ1) is 7.98. The van der Waals surface area contributed by atoms with Crippen LogP contribution in [-0.2, 0) is 15.6 Å². The van der Waals surface area contributed by atoms with E-state index in [4.69, 9.17) is 9.84 Å². The predicted molar refractivity (Wildman–Crippen MR) is 62.1 cm³/mol. The molecule has 17 heavy (non-hydrogen) atoms. The molecule has 0 aliphatic rings. The Morgan fingerprint density at radius 3 is 2.65 bits per heavy atom. The van der Waals surface area contributed by atoms with E-state index in [9.17, 15) is 12.8 Å². The highest BCUT2D eigenvalue weighted by atomic mass is 32.2. The van der Waals surface area contributed by atoms with Crippen LogP contribution in [0.1, 0.15) is 12.0 Å². The van der Waals surface area contributed by atoms with Crippen molar-refractivity contribution in [1.29, 1.82) is 0 Å². The van der Waals surface area contributed by atoms with Crippen LogP contribution in [0.3, 0.4) is 0 Å². The lowest BCUT2D eigenvalue weighted by molar-refractivity contribution is 0.295. The highest BCUT2D eigenvalue weighted by Crippen LogP contribution is 2.19. The Hall–Kier alpha value is -1.14. The van der Waals surface area contributed by atoms with Crippen LogP contribution in [0.4, 0.5) is 4.39 Å². The quantitative estimate of drug-likeness (QED) is 0.834. The standard InChI is InChI=1S/C11H15FO4S/c1-16-11-4-3-9(7-10(11)12)8-17(14,15)6-2-5-13/h3-4,7,13H,2,5-6,8H2,1H3. The number of hydrogen-bond acceptors (Lipinski definition) is 4. The zero-order chi connectivity index (χ0) is 12.9. The van der Waals surface area contributed by atoms with Crippen molar-refractivity contribution in [3.8, 4) is 5.75 Å². The fraction of sp³-hybridized carbons (Fsp3) is 0.455. The molecule has 0 heterocycles. The monoisotopic (exact) mass is 262 g/mol. The Morgan fingerprint density at radius 1 is 1.41 bits per heavy atom. The smallest absolute Gasteiger partial charge is 0.165 e. The number of methoxy groups -OCH3 is 1. The SMILES string of the molecule is COc1ccc(CS(=O)(=O)CCCO)cc1F. The molecule has 0 saturated carbocycles. The summed E-state index contributed by atoms with van der Waals surface area (Å²) < 4.78 is 41.2. The molecule has 0 saturated heterocycles. The Morgan fingerprint density at radius 2 is 2.12 bits per heavy atom. The van der Waals surface area contributed by atoms with Gasteiger partial charge in [0, 0.05) is 6.61 Å². The van der Waals surface area contributed by atoms with Gasteiger partial charge in [-0.05, 0) is 24.1 Å². The largest absolute Gasteiger partial charge is 0.494 e. The molecule has 0 atom stereocenters. The third-order valence-electron chi connectivity index (χ3n) is 2.22. The first-order valence-corrected chi connectivity index (χ1v) is 6.94. The second-order valence-corrected chi connectivity index (χ2v) is 5.82. The van der Waals surface area contributed by atoms with Gasteiger partial charge in [-0.3, -0.25) is 0 Å². The molecular weight excluding hydrogens is 247 g/mol. The normalized spacial score (nSPS) is 11.5. The van der Waals surface area contributed by atoms with Gasteiger partial charge in [-0.1, -0.05) is 6.07 Å². The molecule has 0 bridgehead atoms. The van der Waals surface area contributed by atoms with Crippen molar-refractivity contribution >= 4 is 9.84 Å². The van der Waals surface area contributed by atoms with Crippen molar-refractivity contribution in [2.24, 2.45) is 0 Å². The minimum atomic E-state index is -3.30. The van der Waals surface area contributed by atoms with Gasteiger partial charge in [-0.2, -0.15) is 0 Å². The van der Waals surface area contributed by atoms with Gasteiger partial charge in [0.1, 0.15) is 0 Å². The van der Waals surface area contributed by atoms with Gasteiger partial charge in [-0.25, -0.2) is 12.8 Å². The molecule has 0 spiro atoms. The van der Waals surface area contributed by atoms with E-state index in [0.717, 1.165) is 6.07 Å². The van der Waals surface area contributed by atoms with Gasteiger partial charge >= 0.3 is 0 Å². The van der Waals surface area contributed by atoms with Gasteiger partial charge < -0.3 is 9.84 Å². The van der Waals surface area contributed by atoms with Crippen LogP contribution in [0.15, 0.2) is 18.2 Å². The average Bonchev–Trinajstić information content (AvgIpc) is 2.26. The lowest BCUT2D eigenvalue weighted by Crippen LogP contribution is -2.10. The second kappa shape index (κ2) is 5.97. The molecule has 4 nitrogen and oxygen atoms in total. The van der Waals surface area contributed by atoms with Gasteiger partial charge in [0.25, 0.3) is 0 Å². The molecule has 0 amide bonds. The summed E-state index contributed by atoms with van der Waals surface area (Å²) in [4.78, 5) is 0. The van der Waals surface area contributed by atoms with E-state index in [1.807, 2.05) is 0 Å². The van der Waals surface area contributed by atoms with Crippen molar-refractivity contribution in [3.05, 3.63) is 29.6 Å². The van der Waals surface area contributed by atoms with Crippen molar-refractivity contribution in [1.82, 2.24) is 0 Å². The molecule has 0 unspecified atom stereocenters. The van der Waals surface area contributed by atoms with Gasteiger partial charge in [0.05, 0.1) is 18.6 Å². The summed E-state index contributed by atoms with van der Waals surface area (Å²) in [6, 6.07) is 4.06. The van der Waals surface area contributed by atoms with Crippen molar-refractivity contribution in [2.75, 3.05) is 19.5 Å². The van der Waals surface area contributed by atoms with E-state index in [1.165, 1.54) is 19.2 Å². The number of hydrogen-bond donors (Lipinski definition) is 1. The minimum absolute atomic E-state index is 0.0847. The maximum Gasteiger partial charge on any atom is 0.165 e. The zero-order valence-electron chi connectivity index (χ0n) is 9.52. The summed E-state index contributed by atoms with van der Waals surface area (Å²) in [5.74, 6) is -0.825. The van der Waals surface area contributed by atoms with Gasteiger partial charge in [-0.15, -0.1) is 0 Å². The Labute approximate surface area is 100.0 Å². The molecule has 0 fully saturated rings. The molecule has 1 N–H and O–H groups in total. The summed E-state index contributed by atoms with van der Waals surface area (Å²) in [7, 11) is -1.96. The Bertz CT molecular complexity index is 470. The molecule has 1 rings (SSSR count). The lowest BCUT2D eigenvalue weighted by Gasteiger charge is -2.06. The predicted octanol–water partition coefficient (Wildman–Crippen LogP) is 1.13. The molecular formula is C11H15FO4S. The summed E-state index contributed by atoms with van der Waals surface area (Å²) in [5.41, 5.74) is 0.376. The molecule has 0 radical (unpaired) electrons. The fourth-order valence-corrected chi connectivity index (χ4v) is 2.81. The first kappa shape index (κ1) is 13.9. The number of halogens is 1. The van der Waals surface area contributed by atoms with Crippen LogP contribution in [0.25, 0.3) is 0 Å². The van der Waals surface area contributed by atoms with E-state index >= 15 is 0 Å². The molecule has 0 aliphatic carbocycles. The second-order valence-electron chi connectivity index (χ2n) is 3.64. The number of sulfone groups is 1. The highest BCUT2D eigenvalue weighted by Gasteiger charge is 2.13. The Kier molecular flexibility index (Phi) is 4.89. The lowest BCUT2D eigenvalue weighted by atomic mass is 10.2. The molecule has 1 aromatic rings. The third kappa shape index (κ3) is 4.32. The van der Waals surface area contributed by atoms with Crippen LogP contribution < -0.4 is 4.74 Å². The van der Waals surface area contributed by atoms with Crippen LogP contribution in [-0.4, -0.2) is 33.0 Å². The van der Waals surface area contributed by atoms with E-state index < -0.39 is 15.7 Å². The maximum atomic E-state index is 13.3. The summed E-state index contributed by atoms with van der Waals surface area (Å²) in [6.45, 7) is -0.170. The number of aliphatic hydroxyl groups is 1. The number of benzene rings is 1. The van der Waals surface area contributed by atoms with E-state index in [1.54, 1.807) is 0 Å². The molecule has 0 aromatic heterocycles. The first-order valence-electron chi connectivity index (χ1n) is 5.12. The molecule has 96 valence electrons. The fourth-order valence-electron chi connectivity index (χ4n) is 1.41. The molecule has 0 aliphatic heterocycles. The average molecular weight is 262 g/mol. The Balaban J connectivity index is 2.78. The van der Waals surface area contributed by atoms with Gasteiger partial charge in [0.15, 0.2) is 21.4 Å². The summed E-state index contributed by atoms with van der Waals surface area (Å²) in [5, 5.41) is 8.57. The number of rotatable bonds is 6. The molecule has 6 heteroatoms. The van der Waals surface area contributed by atoms with Crippen LogP contribution >= 0.6 is 0 Å². The molecule has 1 aromatic carbocycles. The van der Waals surface area contributed by atoms with E-state index in [0.29, 0.717) is 5.56 Å². The third-order valence-corrected chi connectivity index (χ3v) is 3.90. The van der Waals surface area contributed by atoms with Crippen molar-refractivity contribution in [3.63, 3.8) is 0 Å². The van der Waals surface area contributed by atoms with Crippen molar-refractivity contribution < 1.29 is 22.7 Å². The highest BCUT2D eigenvalue weighted by molar-refractivity contribution is 7.90. The van der Waals surface area contributed by atoms with Crippen LogP contribution in [0.2, 0.25) is 0 Å². The van der Waals surface area contributed by atoms with Crippen LogP contribution in [0, 0.1) is 5.82 Å².